The molecular formula is C16H11NO5. The number of carbonyl (C=O) groups excluding carboxylic acids is 1. The van der Waals surface area contributed by atoms with Crippen LogP contribution in [0.25, 0.3) is 17.4 Å². The summed E-state index contributed by atoms with van der Waals surface area (Å²) >= 11 is 0. The lowest BCUT2D eigenvalue weighted by Crippen LogP contribution is -1.95. The van der Waals surface area contributed by atoms with Gasteiger partial charge in [-0.2, -0.15) is 0 Å². The van der Waals surface area contributed by atoms with E-state index in [0.29, 0.717) is 22.9 Å². The number of nitro benzene ring substituents is 1. The summed E-state index contributed by atoms with van der Waals surface area (Å²) in [5, 5.41) is 10.6. The second kappa shape index (κ2) is 5.33. The molecule has 1 aromatic carbocycles. The van der Waals surface area contributed by atoms with Gasteiger partial charge in [0.15, 0.2) is 0 Å². The smallest absolute Gasteiger partial charge is 0.343 e. The van der Waals surface area contributed by atoms with Crippen molar-refractivity contribution in [2.75, 3.05) is 0 Å². The number of esters is 1. The molecule has 1 aromatic heterocycles. The first-order chi connectivity index (χ1) is 10.5. The molecule has 2 heterocycles. The Kier molecular flexibility index (Phi) is 3.34. The predicted octanol–water partition coefficient (Wildman–Crippen LogP) is 3.70. The molecule has 0 fully saturated rings. The standard InChI is InChI=1S/C16H11NO5/c1-10-8-12(16(18)21-10)9-14-6-7-15(22-14)11-2-4-13(5-3-11)17(19)20/h2-9H,1H3/b12-9+. The van der Waals surface area contributed by atoms with Crippen molar-refractivity contribution in [1.82, 2.24) is 0 Å². The zero-order chi connectivity index (χ0) is 15.7. The Morgan fingerprint density at radius 3 is 2.45 bits per heavy atom. The number of furan rings is 1. The highest BCUT2D eigenvalue weighted by Crippen LogP contribution is 2.26. The molecule has 1 aliphatic heterocycles. The summed E-state index contributed by atoms with van der Waals surface area (Å²) in [6, 6.07) is 9.51. The summed E-state index contributed by atoms with van der Waals surface area (Å²) < 4.78 is 10.6. The van der Waals surface area contributed by atoms with Crippen molar-refractivity contribution in [1.29, 1.82) is 0 Å². The lowest BCUT2D eigenvalue weighted by molar-refractivity contribution is -0.384. The molecular weight excluding hydrogens is 286 g/mol. The van der Waals surface area contributed by atoms with Crippen LogP contribution >= 0.6 is 0 Å². The first-order valence-corrected chi connectivity index (χ1v) is 6.50. The van der Waals surface area contributed by atoms with Gasteiger partial charge in [0, 0.05) is 17.7 Å². The average molecular weight is 297 g/mol. The van der Waals surface area contributed by atoms with Crippen LogP contribution in [0.3, 0.4) is 0 Å². The third-order valence-corrected chi connectivity index (χ3v) is 3.14. The van der Waals surface area contributed by atoms with Crippen LogP contribution in [0.1, 0.15) is 12.7 Å². The zero-order valence-corrected chi connectivity index (χ0v) is 11.6. The van der Waals surface area contributed by atoms with Crippen LogP contribution < -0.4 is 0 Å². The molecule has 2 aromatic rings. The number of benzene rings is 1. The van der Waals surface area contributed by atoms with E-state index in [1.54, 1.807) is 43.3 Å². The van der Waals surface area contributed by atoms with Gasteiger partial charge in [-0.3, -0.25) is 10.1 Å². The number of ether oxygens (including phenoxy) is 1. The Bertz CT molecular complexity index is 811. The maximum absolute atomic E-state index is 11.5. The molecule has 110 valence electrons. The second-order valence-electron chi connectivity index (χ2n) is 4.75. The Morgan fingerprint density at radius 2 is 1.86 bits per heavy atom. The van der Waals surface area contributed by atoms with Gasteiger partial charge in [0.05, 0.1) is 10.5 Å². The summed E-state index contributed by atoms with van der Waals surface area (Å²) in [4.78, 5) is 21.7. The van der Waals surface area contributed by atoms with Gasteiger partial charge in [0.1, 0.15) is 17.3 Å². The summed E-state index contributed by atoms with van der Waals surface area (Å²) in [6.45, 7) is 1.70. The molecule has 6 nitrogen and oxygen atoms in total. The van der Waals surface area contributed by atoms with Gasteiger partial charge in [0.25, 0.3) is 5.69 Å². The van der Waals surface area contributed by atoms with E-state index in [2.05, 4.69) is 0 Å². The lowest BCUT2D eigenvalue weighted by atomic mass is 10.1. The Hall–Kier alpha value is -3.15. The summed E-state index contributed by atoms with van der Waals surface area (Å²) in [7, 11) is 0. The third-order valence-electron chi connectivity index (χ3n) is 3.14. The molecule has 0 N–H and O–H groups in total. The molecule has 0 saturated carbocycles. The molecule has 0 unspecified atom stereocenters. The van der Waals surface area contributed by atoms with Crippen molar-refractivity contribution in [3.05, 3.63) is 69.7 Å². The van der Waals surface area contributed by atoms with Crippen LogP contribution in [0.15, 0.2) is 58.2 Å². The minimum Gasteiger partial charge on any atom is -0.457 e. The normalized spacial score (nSPS) is 15.8. The minimum absolute atomic E-state index is 0.0203. The lowest BCUT2D eigenvalue weighted by Gasteiger charge is -1.96. The Morgan fingerprint density at radius 1 is 1.14 bits per heavy atom. The fraction of sp³-hybridized carbons (Fsp3) is 0.0625. The number of nitrogens with zero attached hydrogens (tertiary/aromatic N) is 1. The van der Waals surface area contributed by atoms with Crippen LogP contribution in [-0.2, 0) is 9.53 Å². The van der Waals surface area contributed by atoms with Gasteiger partial charge < -0.3 is 9.15 Å². The number of cyclic esters (lactones) is 1. The van der Waals surface area contributed by atoms with Crippen LogP contribution in [0, 0.1) is 10.1 Å². The van der Waals surface area contributed by atoms with Gasteiger partial charge in [0.2, 0.25) is 0 Å². The van der Waals surface area contributed by atoms with E-state index >= 15 is 0 Å². The van der Waals surface area contributed by atoms with E-state index in [4.69, 9.17) is 9.15 Å². The summed E-state index contributed by atoms with van der Waals surface area (Å²) in [5.74, 6) is 1.20. The van der Waals surface area contributed by atoms with E-state index in [9.17, 15) is 14.9 Å². The molecule has 0 amide bonds. The van der Waals surface area contributed by atoms with Crippen molar-refractivity contribution in [3.8, 4) is 11.3 Å². The number of hydrogen-bond donors (Lipinski definition) is 0. The second-order valence-corrected chi connectivity index (χ2v) is 4.75. The van der Waals surface area contributed by atoms with E-state index in [0.717, 1.165) is 5.56 Å². The van der Waals surface area contributed by atoms with Crippen LogP contribution in [0.2, 0.25) is 0 Å². The van der Waals surface area contributed by atoms with Crippen molar-refractivity contribution >= 4 is 17.7 Å². The SMILES string of the molecule is CC1=C/C(=C\c2ccc(-c3ccc([N+](=O)[O-])cc3)o2)C(=O)O1. The van der Waals surface area contributed by atoms with E-state index in [-0.39, 0.29) is 5.69 Å². The summed E-state index contributed by atoms with van der Waals surface area (Å²) in [6.07, 6.45) is 3.23. The molecule has 0 radical (unpaired) electrons. The number of carbonyl (C=O) groups is 1. The highest BCUT2D eigenvalue weighted by molar-refractivity contribution is 5.99. The average Bonchev–Trinajstić information content (AvgIpc) is 3.06. The first-order valence-electron chi connectivity index (χ1n) is 6.50. The van der Waals surface area contributed by atoms with Gasteiger partial charge in [-0.25, -0.2) is 4.79 Å². The molecule has 1 aliphatic rings. The quantitative estimate of drug-likeness (QED) is 0.373. The Labute approximate surface area is 125 Å². The van der Waals surface area contributed by atoms with Crippen molar-refractivity contribution < 1.29 is 18.9 Å². The maximum atomic E-state index is 11.5. The molecule has 6 heteroatoms. The topological polar surface area (TPSA) is 82.6 Å². The fourth-order valence-electron chi connectivity index (χ4n) is 2.10. The maximum Gasteiger partial charge on any atom is 0.343 e. The highest BCUT2D eigenvalue weighted by Gasteiger charge is 2.18. The molecule has 22 heavy (non-hydrogen) atoms. The van der Waals surface area contributed by atoms with Crippen molar-refractivity contribution in [3.63, 3.8) is 0 Å². The number of nitro groups is 1. The van der Waals surface area contributed by atoms with E-state index in [1.165, 1.54) is 12.1 Å². The van der Waals surface area contributed by atoms with E-state index < -0.39 is 10.9 Å². The van der Waals surface area contributed by atoms with Crippen LogP contribution in [0.4, 0.5) is 5.69 Å². The zero-order valence-electron chi connectivity index (χ0n) is 11.6. The third kappa shape index (κ3) is 2.67. The molecule has 0 spiro atoms. The monoisotopic (exact) mass is 297 g/mol. The van der Waals surface area contributed by atoms with Gasteiger partial charge in [-0.15, -0.1) is 0 Å². The number of non-ortho nitro benzene ring substituents is 1. The van der Waals surface area contributed by atoms with Crippen LogP contribution in [-0.4, -0.2) is 10.9 Å². The predicted molar refractivity (Wildman–Crippen MR) is 78.6 cm³/mol. The molecule has 0 atom stereocenters. The van der Waals surface area contributed by atoms with Crippen molar-refractivity contribution in [2.24, 2.45) is 0 Å². The van der Waals surface area contributed by atoms with Gasteiger partial charge >= 0.3 is 5.97 Å². The van der Waals surface area contributed by atoms with Crippen LogP contribution in [0.5, 0.6) is 0 Å². The molecule has 0 saturated heterocycles. The highest BCUT2D eigenvalue weighted by atomic mass is 16.6. The largest absolute Gasteiger partial charge is 0.457 e. The summed E-state index contributed by atoms with van der Waals surface area (Å²) in [5.41, 5.74) is 1.16. The molecule has 0 aliphatic carbocycles. The number of allylic oxidation sites excluding steroid dienone is 1. The fourth-order valence-corrected chi connectivity index (χ4v) is 2.10. The minimum atomic E-state index is -0.456. The van der Waals surface area contributed by atoms with E-state index in [1.807, 2.05) is 0 Å². The number of rotatable bonds is 3. The Balaban J connectivity index is 1.86. The first kappa shape index (κ1) is 13.8. The van der Waals surface area contributed by atoms with Gasteiger partial charge in [-0.05, 0) is 43.3 Å². The molecule has 3 rings (SSSR count). The van der Waals surface area contributed by atoms with Crippen molar-refractivity contribution in [2.45, 2.75) is 6.92 Å². The number of hydrogen-bond acceptors (Lipinski definition) is 5. The molecule has 0 bridgehead atoms. The van der Waals surface area contributed by atoms with Gasteiger partial charge in [-0.1, -0.05) is 0 Å².